The zero-order valence-corrected chi connectivity index (χ0v) is 17.9. The van der Waals surface area contributed by atoms with Crippen molar-refractivity contribution >= 4 is 44.9 Å². The van der Waals surface area contributed by atoms with Gasteiger partial charge in [-0.1, -0.05) is 23.7 Å². The Bertz CT molecular complexity index is 1300. The minimum Gasteiger partial charge on any atom is -0.347 e. The predicted octanol–water partition coefficient (Wildman–Crippen LogP) is 2.90. The minimum atomic E-state index is -3.44. The van der Waals surface area contributed by atoms with E-state index in [1.165, 1.54) is 6.07 Å². The van der Waals surface area contributed by atoms with Crippen LogP contribution >= 0.6 is 11.6 Å². The smallest absolute Gasteiger partial charge is 0.272 e. The van der Waals surface area contributed by atoms with Gasteiger partial charge < -0.3 is 10.6 Å². The highest BCUT2D eigenvalue weighted by atomic mass is 35.5. The van der Waals surface area contributed by atoms with Crippen molar-refractivity contribution < 1.29 is 26.8 Å². The van der Waals surface area contributed by atoms with Crippen LogP contribution in [0.4, 0.5) is 20.3 Å². The summed E-state index contributed by atoms with van der Waals surface area (Å²) in [5.74, 6) is -3.81. The van der Waals surface area contributed by atoms with E-state index in [9.17, 15) is 26.8 Å². The summed E-state index contributed by atoms with van der Waals surface area (Å²) in [6, 6.07) is 9.01. The van der Waals surface area contributed by atoms with Crippen molar-refractivity contribution in [3.8, 4) is 0 Å². The lowest BCUT2D eigenvalue weighted by molar-refractivity contribution is 0.0945. The quantitative estimate of drug-likeness (QED) is 0.383. The first-order chi connectivity index (χ1) is 15.0. The molecular formula is C19H16ClF2N5O4S. The monoisotopic (exact) mass is 483 g/mol. The van der Waals surface area contributed by atoms with E-state index in [4.69, 9.17) is 11.6 Å². The fraction of sp³-hybridized carbons (Fsp3) is 0.105. The SMILES string of the molecule is CS(=O)(=O)Nc1cccc(CNC(=O)c2cc(NC(=O)c3cc(F)c(F)cc3Cl)[nH]n2)c1. The van der Waals surface area contributed by atoms with Crippen LogP contribution in [0.25, 0.3) is 0 Å². The van der Waals surface area contributed by atoms with Crippen LogP contribution in [0.1, 0.15) is 26.4 Å². The van der Waals surface area contributed by atoms with Crippen LogP contribution in [0.5, 0.6) is 0 Å². The third-order valence-electron chi connectivity index (χ3n) is 4.00. The molecule has 0 unspecified atom stereocenters. The molecule has 2 aromatic carbocycles. The summed E-state index contributed by atoms with van der Waals surface area (Å²) < 4.78 is 51.5. The van der Waals surface area contributed by atoms with Crippen LogP contribution < -0.4 is 15.4 Å². The van der Waals surface area contributed by atoms with Crippen LogP contribution in [-0.4, -0.2) is 36.7 Å². The Morgan fingerprint density at radius 3 is 2.53 bits per heavy atom. The molecule has 0 saturated heterocycles. The van der Waals surface area contributed by atoms with E-state index in [0.29, 0.717) is 23.4 Å². The number of hydrogen-bond donors (Lipinski definition) is 4. The van der Waals surface area contributed by atoms with Gasteiger partial charge in [0.05, 0.1) is 16.8 Å². The Balaban J connectivity index is 1.62. The van der Waals surface area contributed by atoms with Gasteiger partial charge in [0, 0.05) is 18.3 Å². The third-order valence-corrected chi connectivity index (χ3v) is 4.92. The van der Waals surface area contributed by atoms with Crippen molar-refractivity contribution in [3.05, 3.63) is 75.9 Å². The van der Waals surface area contributed by atoms with E-state index in [0.717, 1.165) is 6.26 Å². The standard InChI is InChI=1S/C19H16ClF2N5O4S/c1-32(30,31)27-11-4-2-3-10(5-11)9-23-19(29)16-8-17(26-25-16)24-18(28)12-6-14(21)15(22)7-13(12)20/h2-8,27H,9H2,1H3,(H,23,29)(H2,24,25,26,28). The molecule has 0 saturated carbocycles. The highest BCUT2D eigenvalue weighted by molar-refractivity contribution is 7.92. The Hall–Kier alpha value is -3.51. The zero-order valence-electron chi connectivity index (χ0n) is 16.4. The molecule has 0 aliphatic carbocycles. The van der Waals surface area contributed by atoms with Gasteiger partial charge in [0.25, 0.3) is 11.8 Å². The first-order valence-corrected chi connectivity index (χ1v) is 11.1. The van der Waals surface area contributed by atoms with Crippen LogP contribution in [0.3, 0.4) is 0 Å². The Morgan fingerprint density at radius 1 is 1.09 bits per heavy atom. The van der Waals surface area contributed by atoms with Crippen molar-refractivity contribution in [2.75, 3.05) is 16.3 Å². The Kier molecular flexibility index (Phi) is 6.75. The Labute approximate surface area is 186 Å². The predicted molar refractivity (Wildman–Crippen MR) is 114 cm³/mol. The van der Waals surface area contributed by atoms with Crippen LogP contribution in [-0.2, 0) is 16.6 Å². The van der Waals surface area contributed by atoms with Gasteiger partial charge in [-0.2, -0.15) is 5.10 Å². The number of H-pyrrole nitrogens is 1. The minimum absolute atomic E-state index is 0.0281. The fourth-order valence-corrected chi connectivity index (χ4v) is 3.41. The van der Waals surface area contributed by atoms with Crippen molar-refractivity contribution in [2.24, 2.45) is 0 Å². The summed E-state index contributed by atoms with van der Waals surface area (Å²) in [6.07, 6.45) is 1.02. The lowest BCUT2D eigenvalue weighted by atomic mass is 10.2. The van der Waals surface area contributed by atoms with Crippen LogP contribution in [0.2, 0.25) is 5.02 Å². The molecule has 0 fully saturated rings. The second-order valence-corrected chi connectivity index (χ2v) is 8.78. The maximum Gasteiger partial charge on any atom is 0.272 e. The van der Waals surface area contributed by atoms with Crippen molar-refractivity contribution in [1.29, 1.82) is 0 Å². The van der Waals surface area contributed by atoms with E-state index in [-0.39, 0.29) is 28.6 Å². The number of carbonyl (C=O) groups is 2. The van der Waals surface area contributed by atoms with Gasteiger partial charge >= 0.3 is 0 Å². The van der Waals surface area contributed by atoms with E-state index in [1.54, 1.807) is 24.3 Å². The van der Waals surface area contributed by atoms with E-state index >= 15 is 0 Å². The van der Waals surface area contributed by atoms with Crippen molar-refractivity contribution in [2.45, 2.75) is 6.54 Å². The number of amides is 2. The zero-order chi connectivity index (χ0) is 23.5. The maximum atomic E-state index is 13.4. The van der Waals surface area contributed by atoms with Crippen LogP contribution in [0, 0.1) is 11.6 Å². The number of rotatable bonds is 7. The molecule has 3 aromatic rings. The highest BCUT2D eigenvalue weighted by Crippen LogP contribution is 2.21. The lowest BCUT2D eigenvalue weighted by Crippen LogP contribution is -2.23. The average molecular weight is 484 g/mol. The molecule has 0 aliphatic rings. The number of aromatic amines is 1. The summed E-state index contributed by atoms with van der Waals surface area (Å²) >= 11 is 5.77. The molecule has 1 aromatic heterocycles. The number of nitrogens with one attached hydrogen (secondary N) is 4. The highest BCUT2D eigenvalue weighted by Gasteiger charge is 2.17. The first kappa shape index (κ1) is 23.2. The molecule has 0 radical (unpaired) electrons. The number of halogens is 3. The lowest BCUT2D eigenvalue weighted by Gasteiger charge is -2.07. The molecule has 1 heterocycles. The number of nitrogens with zero attached hydrogens (tertiary/aromatic N) is 1. The second-order valence-electron chi connectivity index (χ2n) is 6.62. The largest absolute Gasteiger partial charge is 0.347 e. The van der Waals surface area contributed by atoms with Gasteiger partial charge in [-0.05, 0) is 29.8 Å². The summed E-state index contributed by atoms with van der Waals surface area (Å²) in [5, 5.41) is 10.9. The van der Waals surface area contributed by atoms with E-state index in [1.807, 2.05) is 0 Å². The summed E-state index contributed by atoms with van der Waals surface area (Å²) in [5.41, 5.74) is 0.625. The molecule has 0 bridgehead atoms. The fourth-order valence-electron chi connectivity index (χ4n) is 2.62. The molecule has 3 rings (SSSR count). The number of carbonyl (C=O) groups excluding carboxylic acids is 2. The third kappa shape index (κ3) is 6.02. The first-order valence-electron chi connectivity index (χ1n) is 8.88. The van der Waals surface area contributed by atoms with Gasteiger partial charge in [-0.25, -0.2) is 17.2 Å². The van der Waals surface area contributed by atoms with Crippen molar-refractivity contribution in [1.82, 2.24) is 15.5 Å². The molecule has 168 valence electrons. The van der Waals surface area contributed by atoms with Gasteiger partial charge in [-0.15, -0.1) is 0 Å². The van der Waals surface area contributed by atoms with Gasteiger partial charge in [0.2, 0.25) is 10.0 Å². The van der Waals surface area contributed by atoms with E-state index in [2.05, 4.69) is 25.6 Å². The van der Waals surface area contributed by atoms with E-state index < -0.39 is 33.5 Å². The van der Waals surface area contributed by atoms with Crippen molar-refractivity contribution in [3.63, 3.8) is 0 Å². The molecule has 32 heavy (non-hydrogen) atoms. The van der Waals surface area contributed by atoms with Gasteiger partial charge in [-0.3, -0.25) is 19.4 Å². The molecule has 0 spiro atoms. The second kappa shape index (κ2) is 9.32. The Morgan fingerprint density at radius 2 is 1.81 bits per heavy atom. The number of anilines is 2. The maximum absolute atomic E-state index is 13.4. The molecule has 9 nitrogen and oxygen atoms in total. The summed E-state index contributed by atoms with van der Waals surface area (Å²) in [7, 11) is -3.44. The number of aromatic nitrogens is 2. The summed E-state index contributed by atoms with van der Waals surface area (Å²) in [4.78, 5) is 24.5. The topological polar surface area (TPSA) is 133 Å². The number of benzene rings is 2. The molecule has 0 aliphatic heterocycles. The molecule has 0 atom stereocenters. The van der Waals surface area contributed by atoms with Gasteiger partial charge in [0.1, 0.15) is 5.82 Å². The van der Waals surface area contributed by atoms with Crippen LogP contribution in [0.15, 0.2) is 42.5 Å². The van der Waals surface area contributed by atoms with Gasteiger partial charge in [0.15, 0.2) is 17.3 Å². The number of hydrogen-bond acceptors (Lipinski definition) is 5. The summed E-state index contributed by atoms with van der Waals surface area (Å²) in [6.45, 7) is 0.0805. The molecular weight excluding hydrogens is 468 g/mol. The molecule has 4 N–H and O–H groups in total. The molecule has 13 heteroatoms. The molecule has 2 amide bonds. The number of sulfonamides is 1. The normalized spacial score (nSPS) is 11.1. The average Bonchev–Trinajstić information content (AvgIpc) is 3.16.